The first-order valence-electron chi connectivity index (χ1n) is 11.2. The molecule has 2 saturated carbocycles. The second-order valence-corrected chi connectivity index (χ2v) is 10.9. The van der Waals surface area contributed by atoms with Crippen LogP contribution in [-0.4, -0.2) is 43.9 Å². The molecule has 1 N–H and O–H groups in total. The Hall–Kier alpha value is -2.59. The van der Waals surface area contributed by atoms with E-state index in [-0.39, 0.29) is 11.8 Å². The predicted molar refractivity (Wildman–Crippen MR) is 126 cm³/mol. The molecule has 3 fully saturated rings. The SMILES string of the molecule is O=C(Cc1ccc(Sc2nc(Nc3ncns3)cc(N3CC(F)(C4CC4)C3)n2)cc1)C1CC1. The molecule has 7 nitrogen and oxygen atoms in total. The molecule has 2 aliphatic carbocycles. The van der Waals surface area contributed by atoms with Gasteiger partial charge in [-0.3, -0.25) is 4.79 Å². The molecule has 2 aromatic heterocycles. The first kappa shape index (κ1) is 21.0. The number of hydrogen-bond acceptors (Lipinski definition) is 9. The number of nitrogens with one attached hydrogen (secondary N) is 1. The Morgan fingerprint density at radius 2 is 1.97 bits per heavy atom. The average molecular weight is 483 g/mol. The molecular weight excluding hydrogens is 459 g/mol. The molecule has 3 heterocycles. The van der Waals surface area contributed by atoms with Crippen LogP contribution < -0.4 is 10.2 Å². The third-order valence-electron chi connectivity index (χ3n) is 6.37. The lowest BCUT2D eigenvalue weighted by Crippen LogP contribution is -2.60. The molecule has 0 radical (unpaired) electrons. The minimum Gasteiger partial charge on any atom is -0.350 e. The summed E-state index contributed by atoms with van der Waals surface area (Å²) >= 11 is 2.69. The van der Waals surface area contributed by atoms with Crippen molar-refractivity contribution in [1.29, 1.82) is 0 Å². The summed E-state index contributed by atoms with van der Waals surface area (Å²) in [6.45, 7) is 0.751. The first-order chi connectivity index (χ1) is 16.0. The summed E-state index contributed by atoms with van der Waals surface area (Å²) in [5.41, 5.74) is -0.0526. The molecule has 10 heteroatoms. The van der Waals surface area contributed by atoms with Crippen molar-refractivity contribution in [1.82, 2.24) is 19.3 Å². The number of benzene rings is 1. The zero-order chi connectivity index (χ0) is 22.4. The van der Waals surface area contributed by atoms with Crippen molar-refractivity contribution < 1.29 is 9.18 Å². The molecule has 0 bridgehead atoms. The van der Waals surface area contributed by atoms with Gasteiger partial charge in [0.2, 0.25) is 5.13 Å². The highest BCUT2D eigenvalue weighted by molar-refractivity contribution is 7.99. The van der Waals surface area contributed by atoms with Crippen molar-refractivity contribution in [3.8, 4) is 0 Å². The Morgan fingerprint density at radius 3 is 2.64 bits per heavy atom. The van der Waals surface area contributed by atoms with Gasteiger partial charge in [0.1, 0.15) is 29.4 Å². The van der Waals surface area contributed by atoms with Crippen molar-refractivity contribution in [2.45, 2.75) is 47.8 Å². The van der Waals surface area contributed by atoms with E-state index < -0.39 is 5.67 Å². The number of anilines is 3. The van der Waals surface area contributed by atoms with Gasteiger partial charge < -0.3 is 10.2 Å². The predicted octanol–water partition coefficient (Wildman–Crippen LogP) is 4.68. The fourth-order valence-corrected chi connectivity index (χ4v) is 5.37. The van der Waals surface area contributed by atoms with Crippen molar-refractivity contribution in [2.75, 3.05) is 23.3 Å². The third kappa shape index (κ3) is 4.72. The minimum atomic E-state index is -1.08. The molecule has 3 aliphatic rings. The molecule has 0 spiro atoms. The normalized spacial score (nSPS) is 19.2. The maximum absolute atomic E-state index is 14.9. The zero-order valence-electron chi connectivity index (χ0n) is 17.9. The molecule has 0 atom stereocenters. The van der Waals surface area contributed by atoms with Crippen LogP contribution >= 0.6 is 23.3 Å². The molecule has 0 amide bonds. The average Bonchev–Trinajstić information content (AvgIpc) is 3.71. The monoisotopic (exact) mass is 482 g/mol. The fourth-order valence-electron chi connectivity index (χ4n) is 4.16. The second kappa shape index (κ2) is 8.32. The lowest BCUT2D eigenvalue weighted by Gasteiger charge is -2.45. The molecular formula is C23H23FN6OS2. The highest BCUT2D eigenvalue weighted by Gasteiger charge is 2.54. The topological polar surface area (TPSA) is 83.9 Å². The van der Waals surface area contributed by atoms with Gasteiger partial charge >= 0.3 is 0 Å². The fraction of sp³-hybridized carbons (Fsp3) is 0.435. The smallest absolute Gasteiger partial charge is 0.207 e. The van der Waals surface area contributed by atoms with Crippen LogP contribution in [0.5, 0.6) is 0 Å². The van der Waals surface area contributed by atoms with Gasteiger partial charge in [-0.15, -0.1) is 0 Å². The van der Waals surface area contributed by atoms with Crippen molar-refractivity contribution in [2.24, 2.45) is 11.8 Å². The van der Waals surface area contributed by atoms with Crippen LogP contribution in [0.15, 0.2) is 46.7 Å². The molecule has 33 heavy (non-hydrogen) atoms. The Balaban J connectivity index is 1.20. The van der Waals surface area contributed by atoms with Gasteiger partial charge in [0.15, 0.2) is 5.16 Å². The number of aromatic nitrogens is 4. The number of hydrogen-bond donors (Lipinski definition) is 1. The number of carbonyl (C=O) groups excluding carboxylic acids is 1. The third-order valence-corrected chi connectivity index (χ3v) is 7.83. The molecule has 6 rings (SSSR count). The van der Waals surface area contributed by atoms with Gasteiger partial charge in [-0.1, -0.05) is 12.1 Å². The Labute approximate surface area is 199 Å². The molecule has 170 valence electrons. The van der Waals surface area contributed by atoms with Crippen molar-refractivity contribution in [3.63, 3.8) is 0 Å². The van der Waals surface area contributed by atoms with Gasteiger partial charge in [-0.25, -0.2) is 19.3 Å². The maximum atomic E-state index is 14.9. The van der Waals surface area contributed by atoms with Gasteiger partial charge in [0.05, 0.1) is 13.1 Å². The summed E-state index contributed by atoms with van der Waals surface area (Å²) < 4.78 is 18.9. The molecule has 1 aromatic carbocycles. The number of alkyl halides is 1. The van der Waals surface area contributed by atoms with Crippen LogP contribution in [0.1, 0.15) is 31.2 Å². The molecule has 0 unspecified atom stereocenters. The zero-order valence-corrected chi connectivity index (χ0v) is 19.5. The number of rotatable bonds is 9. The summed E-state index contributed by atoms with van der Waals surface area (Å²) in [6.07, 6.45) is 6.04. The van der Waals surface area contributed by atoms with E-state index in [1.807, 2.05) is 35.2 Å². The summed E-state index contributed by atoms with van der Waals surface area (Å²) in [6, 6.07) is 9.82. The highest BCUT2D eigenvalue weighted by Crippen LogP contribution is 2.48. The van der Waals surface area contributed by atoms with Gasteiger partial charge in [0.25, 0.3) is 0 Å². The van der Waals surface area contributed by atoms with E-state index in [4.69, 9.17) is 4.98 Å². The van der Waals surface area contributed by atoms with Gasteiger partial charge in [-0.2, -0.15) is 4.37 Å². The van der Waals surface area contributed by atoms with Crippen LogP contribution in [-0.2, 0) is 11.2 Å². The lowest BCUT2D eigenvalue weighted by molar-refractivity contribution is -0.119. The van der Waals surface area contributed by atoms with Crippen LogP contribution in [0.25, 0.3) is 0 Å². The maximum Gasteiger partial charge on any atom is 0.207 e. The van der Waals surface area contributed by atoms with Crippen LogP contribution in [0.3, 0.4) is 0 Å². The quantitative estimate of drug-likeness (QED) is 0.440. The van der Waals surface area contributed by atoms with Crippen LogP contribution in [0.2, 0.25) is 0 Å². The highest BCUT2D eigenvalue weighted by atomic mass is 32.2. The van der Waals surface area contributed by atoms with Crippen molar-refractivity contribution in [3.05, 3.63) is 42.2 Å². The van der Waals surface area contributed by atoms with E-state index >= 15 is 0 Å². The Bertz CT molecular complexity index is 1160. The standard InChI is InChI=1S/C23H23FN6OS2/c24-23(16-5-6-16)11-30(12-23)20-10-19(27-21-25-13-26-33-21)28-22(29-20)32-17-7-1-14(2-8-17)9-18(31)15-3-4-15/h1-2,7-8,10,13,15-16H,3-6,9,11-12H2,(H,25,26,27,28,29). The number of carbonyl (C=O) groups is 1. The molecule has 1 saturated heterocycles. The lowest BCUT2D eigenvalue weighted by atomic mass is 9.91. The summed E-state index contributed by atoms with van der Waals surface area (Å²) in [7, 11) is 0. The number of Topliss-reactive ketones (excluding diaryl/α,β-unsaturated/α-hetero) is 1. The van der Waals surface area contributed by atoms with Crippen LogP contribution in [0, 0.1) is 11.8 Å². The first-order valence-corrected chi connectivity index (χ1v) is 12.8. The molecule has 3 aromatic rings. The number of ketones is 1. The van der Waals surface area contributed by atoms with E-state index in [1.54, 1.807) is 0 Å². The number of halogens is 1. The Kier molecular flexibility index (Phi) is 5.29. The Morgan fingerprint density at radius 1 is 1.18 bits per heavy atom. The number of nitrogens with zero attached hydrogens (tertiary/aromatic N) is 5. The van der Waals surface area contributed by atoms with E-state index in [0.717, 1.165) is 36.1 Å². The van der Waals surface area contributed by atoms with E-state index in [2.05, 4.69) is 19.7 Å². The van der Waals surface area contributed by atoms with E-state index in [1.165, 1.54) is 29.6 Å². The summed E-state index contributed by atoms with van der Waals surface area (Å²) in [5, 5.41) is 4.39. The van der Waals surface area contributed by atoms with E-state index in [9.17, 15) is 9.18 Å². The summed E-state index contributed by atoms with van der Waals surface area (Å²) in [4.78, 5) is 28.5. The van der Waals surface area contributed by atoms with Crippen molar-refractivity contribution >= 4 is 45.8 Å². The van der Waals surface area contributed by atoms with Gasteiger partial charge in [0, 0.05) is 34.8 Å². The van der Waals surface area contributed by atoms with Crippen LogP contribution in [0.4, 0.5) is 21.2 Å². The molecule has 1 aliphatic heterocycles. The van der Waals surface area contributed by atoms with Gasteiger partial charge in [-0.05, 0) is 61.1 Å². The summed E-state index contributed by atoms with van der Waals surface area (Å²) in [5.74, 6) is 2.13. The van der Waals surface area contributed by atoms with E-state index in [0.29, 0.717) is 47.2 Å². The minimum absolute atomic E-state index is 0.203. The largest absolute Gasteiger partial charge is 0.350 e. The second-order valence-electron chi connectivity index (χ2n) is 9.09.